The summed E-state index contributed by atoms with van der Waals surface area (Å²) in [6.45, 7) is 4.35. The minimum atomic E-state index is -0.347. The molecule has 5 aromatic rings. The second-order valence-corrected chi connectivity index (χ2v) is 9.31. The molecule has 1 N–H and O–H groups in total. The zero-order valence-corrected chi connectivity index (χ0v) is 22.5. The standard InChI is InChI=1S/C33H28N4O3/c1-22-16-28(20-35-36-33(38)31-17-24-8-4-5-9-25(24)18-32(31)39-3)23(2)37(22)29-12-14-30(15-13-29)40-21-27-11-7-6-10-26(27)19-34/h4-18,20H,21H2,1-3H3,(H,36,38)/b35-20-. The number of aromatic nitrogens is 1. The van der Waals surface area contributed by atoms with Crippen LogP contribution >= 0.6 is 0 Å². The quantitative estimate of drug-likeness (QED) is 0.185. The van der Waals surface area contributed by atoms with Gasteiger partial charge in [-0.05, 0) is 73.2 Å². The van der Waals surface area contributed by atoms with E-state index in [-0.39, 0.29) is 5.91 Å². The van der Waals surface area contributed by atoms with Crippen molar-refractivity contribution in [1.29, 1.82) is 5.26 Å². The van der Waals surface area contributed by atoms with Crippen LogP contribution in [0, 0.1) is 25.2 Å². The molecular formula is C33H28N4O3. The fourth-order valence-electron chi connectivity index (χ4n) is 4.71. The average Bonchev–Trinajstić information content (AvgIpc) is 3.27. The molecule has 0 aliphatic rings. The van der Waals surface area contributed by atoms with Crippen molar-refractivity contribution < 1.29 is 14.3 Å². The highest BCUT2D eigenvalue weighted by Crippen LogP contribution is 2.26. The molecule has 0 aliphatic carbocycles. The van der Waals surface area contributed by atoms with Gasteiger partial charge in [0.1, 0.15) is 18.1 Å². The minimum absolute atomic E-state index is 0.321. The van der Waals surface area contributed by atoms with Crippen molar-refractivity contribution in [2.24, 2.45) is 5.10 Å². The van der Waals surface area contributed by atoms with E-state index in [1.165, 1.54) is 0 Å². The number of carbonyl (C=O) groups is 1. The van der Waals surface area contributed by atoms with Crippen LogP contribution in [0.4, 0.5) is 0 Å². The lowest BCUT2D eigenvalue weighted by molar-refractivity contribution is 0.0952. The summed E-state index contributed by atoms with van der Waals surface area (Å²) in [4.78, 5) is 12.9. The molecule has 7 nitrogen and oxygen atoms in total. The number of methoxy groups -OCH3 is 1. The van der Waals surface area contributed by atoms with Crippen LogP contribution in [0.1, 0.15) is 38.4 Å². The number of nitrogens with one attached hydrogen (secondary N) is 1. The Morgan fingerprint density at radius 3 is 2.40 bits per heavy atom. The van der Waals surface area contributed by atoms with Crippen molar-refractivity contribution in [3.05, 3.63) is 125 Å². The molecule has 0 aliphatic heterocycles. The predicted molar refractivity (Wildman–Crippen MR) is 156 cm³/mol. The number of fused-ring (bicyclic) bond motifs is 1. The van der Waals surface area contributed by atoms with Crippen LogP contribution in [-0.2, 0) is 6.61 Å². The van der Waals surface area contributed by atoms with Gasteiger partial charge < -0.3 is 14.0 Å². The number of nitrogens with zero attached hydrogens (tertiary/aromatic N) is 3. The van der Waals surface area contributed by atoms with Gasteiger partial charge in [-0.2, -0.15) is 10.4 Å². The number of benzene rings is 4. The van der Waals surface area contributed by atoms with Gasteiger partial charge in [-0.15, -0.1) is 0 Å². The first-order valence-electron chi connectivity index (χ1n) is 12.8. The molecule has 1 amide bonds. The normalized spacial score (nSPS) is 10.9. The maximum absolute atomic E-state index is 12.9. The molecule has 1 aromatic heterocycles. The molecule has 0 saturated carbocycles. The van der Waals surface area contributed by atoms with Gasteiger partial charge in [0.05, 0.1) is 30.5 Å². The highest BCUT2D eigenvalue weighted by atomic mass is 16.5. The lowest BCUT2D eigenvalue weighted by Gasteiger charge is -2.12. The first-order valence-corrected chi connectivity index (χ1v) is 12.8. The second-order valence-electron chi connectivity index (χ2n) is 9.31. The molecule has 0 bridgehead atoms. The molecule has 0 atom stereocenters. The Kier molecular flexibility index (Phi) is 7.61. The first kappa shape index (κ1) is 26.3. The maximum Gasteiger partial charge on any atom is 0.275 e. The molecule has 198 valence electrons. The number of nitriles is 1. The van der Waals surface area contributed by atoms with Crippen molar-refractivity contribution in [1.82, 2.24) is 9.99 Å². The average molecular weight is 529 g/mol. The second kappa shape index (κ2) is 11.6. The zero-order chi connectivity index (χ0) is 28.1. The molecule has 0 unspecified atom stereocenters. The molecule has 5 rings (SSSR count). The third kappa shape index (κ3) is 5.42. The fourth-order valence-corrected chi connectivity index (χ4v) is 4.71. The van der Waals surface area contributed by atoms with Gasteiger partial charge in [-0.25, -0.2) is 5.43 Å². The van der Waals surface area contributed by atoms with Crippen LogP contribution in [0.3, 0.4) is 0 Å². The number of hydrogen-bond acceptors (Lipinski definition) is 5. The molecule has 40 heavy (non-hydrogen) atoms. The number of amides is 1. The van der Waals surface area contributed by atoms with Crippen LogP contribution in [-0.4, -0.2) is 23.8 Å². The number of ether oxygens (including phenoxy) is 2. The van der Waals surface area contributed by atoms with Crippen molar-refractivity contribution >= 4 is 22.9 Å². The summed E-state index contributed by atoms with van der Waals surface area (Å²) in [6.07, 6.45) is 1.65. The van der Waals surface area contributed by atoms with E-state index >= 15 is 0 Å². The lowest BCUT2D eigenvalue weighted by atomic mass is 10.1. The Morgan fingerprint density at radius 1 is 0.975 bits per heavy atom. The molecule has 0 radical (unpaired) electrons. The van der Waals surface area contributed by atoms with Gasteiger partial charge in [-0.1, -0.05) is 42.5 Å². The number of hydrogen-bond donors (Lipinski definition) is 1. The third-order valence-corrected chi connectivity index (χ3v) is 6.78. The van der Waals surface area contributed by atoms with Crippen LogP contribution in [0.2, 0.25) is 0 Å². The van der Waals surface area contributed by atoms with Gasteiger partial charge in [-0.3, -0.25) is 4.79 Å². The smallest absolute Gasteiger partial charge is 0.275 e. The monoisotopic (exact) mass is 528 g/mol. The van der Waals surface area contributed by atoms with E-state index in [2.05, 4.69) is 21.2 Å². The maximum atomic E-state index is 12.9. The van der Waals surface area contributed by atoms with E-state index in [0.29, 0.717) is 29.2 Å². The summed E-state index contributed by atoms with van der Waals surface area (Å²) < 4.78 is 13.5. The van der Waals surface area contributed by atoms with Gasteiger partial charge in [0.25, 0.3) is 5.91 Å². The first-order chi connectivity index (χ1) is 19.5. The van der Waals surface area contributed by atoms with Crippen molar-refractivity contribution in [2.75, 3.05) is 7.11 Å². The Hall–Kier alpha value is -5.35. The number of hydrazone groups is 1. The van der Waals surface area contributed by atoms with Crippen LogP contribution < -0.4 is 14.9 Å². The van der Waals surface area contributed by atoms with Gasteiger partial charge in [0.15, 0.2) is 0 Å². The summed E-state index contributed by atoms with van der Waals surface area (Å²) in [5.41, 5.74) is 8.38. The Balaban J connectivity index is 1.28. The number of carbonyl (C=O) groups excluding carboxylic acids is 1. The van der Waals surface area contributed by atoms with Crippen LogP contribution in [0.5, 0.6) is 11.5 Å². The summed E-state index contributed by atoms with van der Waals surface area (Å²) in [6, 6.07) is 30.9. The van der Waals surface area contributed by atoms with E-state index in [4.69, 9.17) is 9.47 Å². The van der Waals surface area contributed by atoms with E-state index in [1.54, 1.807) is 25.5 Å². The van der Waals surface area contributed by atoms with Crippen molar-refractivity contribution in [3.8, 4) is 23.3 Å². The SMILES string of the molecule is COc1cc2ccccc2cc1C(=O)N/N=C\c1cc(C)n(-c2ccc(OCc3ccccc3C#N)cc2)c1C. The largest absolute Gasteiger partial charge is 0.496 e. The molecule has 7 heteroatoms. The summed E-state index contributed by atoms with van der Waals surface area (Å²) in [7, 11) is 1.55. The van der Waals surface area contributed by atoms with Gasteiger partial charge >= 0.3 is 0 Å². The minimum Gasteiger partial charge on any atom is -0.496 e. The highest BCUT2D eigenvalue weighted by Gasteiger charge is 2.14. The summed E-state index contributed by atoms with van der Waals surface area (Å²) in [5, 5.41) is 15.5. The number of aryl methyl sites for hydroxylation is 1. The van der Waals surface area contributed by atoms with E-state index in [1.807, 2.05) is 92.7 Å². The molecule has 0 spiro atoms. The molecule has 0 fully saturated rings. The third-order valence-electron chi connectivity index (χ3n) is 6.78. The highest BCUT2D eigenvalue weighted by molar-refractivity contribution is 6.02. The Morgan fingerprint density at radius 2 is 1.68 bits per heavy atom. The van der Waals surface area contributed by atoms with Crippen LogP contribution in [0.25, 0.3) is 16.5 Å². The summed E-state index contributed by atoms with van der Waals surface area (Å²) >= 11 is 0. The van der Waals surface area contributed by atoms with E-state index < -0.39 is 0 Å². The summed E-state index contributed by atoms with van der Waals surface area (Å²) in [5.74, 6) is 0.861. The number of rotatable bonds is 8. The zero-order valence-electron chi connectivity index (χ0n) is 22.5. The topological polar surface area (TPSA) is 88.6 Å². The van der Waals surface area contributed by atoms with E-state index in [9.17, 15) is 10.1 Å². The molecular weight excluding hydrogens is 500 g/mol. The van der Waals surface area contributed by atoms with Gasteiger partial charge in [0, 0.05) is 28.2 Å². The van der Waals surface area contributed by atoms with E-state index in [0.717, 1.165) is 39.0 Å². The lowest BCUT2D eigenvalue weighted by Crippen LogP contribution is -2.18. The van der Waals surface area contributed by atoms with Crippen molar-refractivity contribution in [2.45, 2.75) is 20.5 Å². The van der Waals surface area contributed by atoms with Crippen LogP contribution in [0.15, 0.2) is 96.1 Å². The Bertz CT molecular complexity index is 1760. The predicted octanol–water partition coefficient (Wildman–Crippen LogP) is 6.47. The molecule has 4 aromatic carbocycles. The van der Waals surface area contributed by atoms with Crippen molar-refractivity contribution in [3.63, 3.8) is 0 Å². The molecule has 1 heterocycles. The van der Waals surface area contributed by atoms with Gasteiger partial charge in [0.2, 0.25) is 0 Å². The fraction of sp³-hybridized carbons (Fsp3) is 0.121. The molecule has 0 saturated heterocycles. The Labute approximate surface area is 232 Å².